The fourth-order valence-electron chi connectivity index (χ4n) is 2.41. The van der Waals surface area contributed by atoms with E-state index in [0.717, 1.165) is 11.3 Å². The molecule has 0 unspecified atom stereocenters. The van der Waals surface area contributed by atoms with E-state index in [4.69, 9.17) is 4.74 Å². The molecule has 0 atom stereocenters. The Balaban J connectivity index is 2.53. The maximum absolute atomic E-state index is 12.2. The van der Waals surface area contributed by atoms with E-state index in [2.05, 4.69) is 5.32 Å². The zero-order valence-corrected chi connectivity index (χ0v) is 14.1. The largest absolute Gasteiger partial charge is 0.497 e. The average molecular weight is 306 g/mol. The Labute approximate surface area is 132 Å². The van der Waals surface area contributed by atoms with Gasteiger partial charge in [-0.3, -0.25) is 9.59 Å². The molecule has 1 aromatic rings. The third kappa shape index (κ3) is 5.06. The Hall–Kier alpha value is -2.04. The topological polar surface area (TPSA) is 58.6 Å². The minimum absolute atomic E-state index is 0.00312. The molecule has 0 bridgehead atoms. The van der Waals surface area contributed by atoms with Crippen LogP contribution in [-0.4, -0.2) is 42.5 Å². The van der Waals surface area contributed by atoms with Gasteiger partial charge in [-0.05, 0) is 51.8 Å². The Kier molecular flexibility index (Phi) is 6.89. The molecular formula is C17H26N2O3. The third-order valence-electron chi connectivity index (χ3n) is 3.37. The van der Waals surface area contributed by atoms with Crippen LogP contribution < -0.4 is 10.1 Å². The van der Waals surface area contributed by atoms with Crippen molar-refractivity contribution in [1.29, 1.82) is 0 Å². The van der Waals surface area contributed by atoms with Crippen molar-refractivity contribution in [1.82, 2.24) is 10.2 Å². The number of nitrogens with zero attached hydrogens (tertiary/aromatic N) is 1. The molecule has 0 radical (unpaired) electrons. The van der Waals surface area contributed by atoms with E-state index in [1.54, 1.807) is 12.0 Å². The quantitative estimate of drug-likeness (QED) is 0.818. The van der Waals surface area contributed by atoms with Gasteiger partial charge in [0.2, 0.25) is 0 Å². The maximum atomic E-state index is 12.2. The van der Waals surface area contributed by atoms with Crippen LogP contribution >= 0.6 is 0 Å². The van der Waals surface area contributed by atoms with E-state index in [9.17, 15) is 9.59 Å². The summed E-state index contributed by atoms with van der Waals surface area (Å²) in [5.41, 5.74) is 1.05. The summed E-state index contributed by atoms with van der Waals surface area (Å²) in [5.74, 6) is -0.244. The summed E-state index contributed by atoms with van der Waals surface area (Å²) in [6.07, 6.45) is 0.652. The number of carbonyl (C=O) groups excluding carboxylic acids is 2. The third-order valence-corrected chi connectivity index (χ3v) is 3.37. The summed E-state index contributed by atoms with van der Waals surface area (Å²) in [6.45, 7) is 8.04. The smallest absolute Gasteiger partial charge is 0.312 e. The summed E-state index contributed by atoms with van der Waals surface area (Å²) in [5, 5.41) is 2.69. The van der Waals surface area contributed by atoms with Crippen molar-refractivity contribution in [3.8, 4) is 5.75 Å². The lowest BCUT2D eigenvalue weighted by atomic mass is 10.1. The highest BCUT2D eigenvalue weighted by molar-refractivity contribution is 6.35. The molecule has 1 N–H and O–H groups in total. The van der Waals surface area contributed by atoms with Gasteiger partial charge in [-0.2, -0.15) is 0 Å². The second-order valence-corrected chi connectivity index (χ2v) is 5.76. The second-order valence-electron chi connectivity index (χ2n) is 5.76. The first-order valence-corrected chi connectivity index (χ1v) is 7.60. The summed E-state index contributed by atoms with van der Waals surface area (Å²) in [7, 11) is 1.62. The Morgan fingerprint density at radius 3 is 2.36 bits per heavy atom. The molecule has 0 aromatic heterocycles. The molecule has 2 amide bonds. The van der Waals surface area contributed by atoms with Crippen LogP contribution in [0.25, 0.3) is 0 Å². The van der Waals surface area contributed by atoms with Crippen LogP contribution in [0.3, 0.4) is 0 Å². The number of benzene rings is 1. The minimum atomic E-state index is -0.551. The first kappa shape index (κ1) is 18.0. The number of carbonyl (C=O) groups is 2. The van der Waals surface area contributed by atoms with Crippen molar-refractivity contribution < 1.29 is 14.3 Å². The molecule has 5 heteroatoms. The van der Waals surface area contributed by atoms with Crippen molar-refractivity contribution in [3.63, 3.8) is 0 Å². The van der Waals surface area contributed by atoms with Gasteiger partial charge >= 0.3 is 11.8 Å². The number of methoxy groups -OCH3 is 1. The van der Waals surface area contributed by atoms with Crippen molar-refractivity contribution in [3.05, 3.63) is 29.8 Å². The highest BCUT2D eigenvalue weighted by atomic mass is 16.5. The molecule has 0 heterocycles. The van der Waals surface area contributed by atoms with Gasteiger partial charge in [0.1, 0.15) is 5.75 Å². The van der Waals surface area contributed by atoms with Crippen LogP contribution in [-0.2, 0) is 16.0 Å². The van der Waals surface area contributed by atoms with Crippen LogP contribution in [0.1, 0.15) is 33.3 Å². The second kappa shape index (κ2) is 8.41. The lowest BCUT2D eigenvalue weighted by molar-refractivity contribution is -0.148. The van der Waals surface area contributed by atoms with Gasteiger partial charge < -0.3 is 15.0 Å². The number of rotatable bonds is 6. The van der Waals surface area contributed by atoms with Crippen molar-refractivity contribution in [2.75, 3.05) is 13.7 Å². The predicted molar refractivity (Wildman–Crippen MR) is 86.8 cm³/mol. The first-order chi connectivity index (χ1) is 10.4. The highest BCUT2D eigenvalue weighted by Crippen LogP contribution is 2.12. The monoisotopic (exact) mass is 306 g/mol. The molecule has 0 saturated carbocycles. The van der Waals surface area contributed by atoms with Crippen LogP contribution in [0.5, 0.6) is 5.75 Å². The van der Waals surface area contributed by atoms with Crippen molar-refractivity contribution >= 4 is 11.8 Å². The molecule has 0 aliphatic heterocycles. The van der Waals surface area contributed by atoms with Crippen LogP contribution in [0.15, 0.2) is 24.3 Å². The normalized spacial score (nSPS) is 10.7. The fraction of sp³-hybridized carbons (Fsp3) is 0.529. The van der Waals surface area contributed by atoms with E-state index in [1.165, 1.54) is 0 Å². The maximum Gasteiger partial charge on any atom is 0.312 e. The molecular weight excluding hydrogens is 280 g/mol. The fourth-order valence-corrected chi connectivity index (χ4v) is 2.41. The molecule has 1 rings (SSSR count). The molecule has 5 nitrogen and oxygen atoms in total. The molecule has 0 aliphatic rings. The first-order valence-electron chi connectivity index (χ1n) is 7.60. The van der Waals surface area contributed by atoms with Crippen LogP contribution in [0, 0.1) is 0 Å². The van der Waals surface area contributed by atoms with Gasteiger partial charge in [0, 0.05) is 18.6 Å². The number of hydrogen-bond acceptors (Lipinski definition) is 3. The highest BCUT2D eigenvalue weighted by Gasteiger charge is 2.25. The lowest BCUT2D eigenvalue weighted by Crippen LogP contribution is -2.49. The zero-order valence-electron chi connectivity index (χ0n) is 14.1. The predicted octanol–water partition coefficient (Wildman–Crippen LogP) is 2.00. The summed E-state index contributed by atoms with van der Waals surface area (Å²) < 4.78 is 5.16. The summed E-state index contributed by atoms with van der Waals surface area (Å²) in [6, 6.07) is 7.65. The van der Waals surface area contributed by atoms with Gasteiger partial charge in [0.25, 0.3) is 0 Å². The number of nitrogens with one attached hydrogen (secondary N) is 1. The number of hydrogen-bond donors (Lipinski definition) is 1. The molecule has 122 valence electrons. The minimum Gasteiger partial charge on any atom is -0.497 e. The number of ether oxygens (including phenoxy) is 1. The van der Waals surface area contributed by atoms with Crippen LogP contribution in [0.2, 0.25) is 0 Å². The van der Waals surface area contributed by atoms with E-state index in [-0.39, 0.29) is 12.1 Å². The molecule has 22 heavy (non-hydrogen) atoms. The number of amides is 2. The Morgan fingerprint density at radius 2 is 1.82 bits per heavy atom. The van der Waals surface area contributed by atoms with Crippen LogP contribution in [0.4, 0.5) is 0 Å². The van der Waals surface area contributed by atoms with Gasteiger partial charge in [-0.1, -0.05) is 12.1 Å². The van der Waals surface area contributed by atoms with E-state index < -0.39 is 11.8 Å². The Bertz CT molecular complexity index is 504. The average Bonchev–Trinajstić information content (AvgIpc) is 2.46. The standard InChI is InChI=1S/C17H26N2O3/c1-12(2)19(13(3)4)17(21)16(20)18-10-9-14-7-6-8-15(11-14)22-5/h6-8,11-13H,9-10H2,1-5H3,(H,18,20). The molecule has 1 aromatic carbocycles. The van der Waals surface area contributed by atoms with Gasteiger partial charge in [-0.15, -0.1) is 0 Å². The van der Waals surface area contributed by atoms with E-state index >= 15 is 0 Å². The summed E-state index contributed by atoms with van der Waals surface area (Å²) in [4.78, 5) is 25.7. The zero-order chi connectivity index (χ0) is 16.7. The van der Waals surface area contributed by atoms with E-state index in [1.807, 2.05) is 52.0 Å². The molecule has 0 aliphatic carbocycles. The van der Waals surface area contributed by atoms with Gasteiger partial charge in [-0.25, -0.2) is 0 Å². The van der Waals surface area contributed by atoms with Crippen molar-refractivity contribution in [2.45, 2.75) is 46.2 Å². The SMILES string of the molecule is COc1cccc(CCNC(=O)C(=O)N(C(C)C)C(C)C)c1. The molecule has 0 spiro atoms. The van der Waals surface area contributed by atoms with Gasteiger partial charge in [0.15, 0.2) is 0 Å². The lowest BCUT2D eigenvalue weighted by Gasteiger charge is -2.29. The molecule has 0 fully saturated rings. The summed E-state index contributed by atoms with van der Waals surface area (Å²) >= 11 is 0. The van der Waals surface area contributed by atoms with E-state index in [0.29, 0.717) is 13.0 Å². The van der Waals surface area contributed by atoms with Crippen molar-refractivity contribution in [2.24, 2.45) is 0 Å². The van der Waals surface area contributed by atoms with Gasteiger partial charge in [0.05, 0.1) is 7.11 Å². The Morgan fingerprint density at radius 1 is 1.18 bits per heavy atom. The molecule has 0 saturated heterocycles.